The van der Waals surface area contributed by atoms with E-state index in [1.54, 1.807) is 0 Å². The Morgan fingerprint density at radius 3 is 1.41 bits per heavy atom. The Hall–Kier alpha value is -2.96. The van der Waals surface area contributed by atoms with Gasteiger partial charge in [0.1, 0.15) is 34.4 Å². The Morgan fingerprint density at radius 1 is 0.676 bits per heavy atom. The second-order valence-electron chi connectivity index (χ2n) is 8.65. The Kier molecular flexibility index (Phi) is 9.19. The zero-order valence-electron chi connectivity index (χ0n) is 19.9. The maximum atomic E-state index is 6.10. The average Bonchev–Trinajstić information content (AvgIpc) is 3.33. The average molecular weight is 503 g/mol. The number of furan rings is 2. The number of nitrogens with zero attached hydrogens (tertiary/aromatic N) is 2. The first-order chi connectivity index (χ1) is 15.3. The first-order valence-electron chi connectivity index (χ1n) is 11.0. The summed E-state index contributed by atoms with van der Waals surface area (Å²) in [6, 6.07) is 16.3. The van der Waals surface area contributed by atoms with Crippen molar-refractivity contribution in [2.24, 2.45) is 21.5 Å². The Labute approximate surface area is 212 Å². The highest BCUT2D eigenvalue weighted by Gasteiger charge is 2.11. The van der Waals surface area contributed by atoms with Crippen LogP contribution in [0.3, 0.4) is 0 Å². The number of amidine groups is 2. The summed E-state index contributed by atoms with van der Waals surface area (Å²) in [7, 11) is 0. The van der Waals surface area contributed by atoms with Crippen LogP contribution >= 0.6 is 24.8 Å². The molecule has 34 heavy (non-hydrogen) atoms. The number of aryl methyl sites for hydroxylation is 2. The monoisotopic (exact) mass is 502 g/mol. The molecule has 4 N–H and O–H groups in total. The minimum Gasteiger partial charge on any atom is -0.461 e. The van der Waals surface area contributed by atoms with E-state index in [1.807, 2.05) is 64.1 Å². The van der Waals surface area contributed by atoms with Gasteiger partial charge in [0.15, 0.2) is 0 Å². The van der Waals surface area contributed by atoms with Crippen LogP contribution in [0, 0.1) is 0 Å². The second kappa shape index (κ2) is 11.4. The largest absolute Gasteiger partial charge is 0.461 e. The minimum absolute atomic E-state index is 0. The lowest BCUT2D eigenvalue weighted by molar-refractivity contribution is 0.510. The molecule has 0 aliphatic rings. The number of hydrogen-bond acceptors (Lipinski definition) is 4. The van der Waals surface area contributed by atoms with Crippen molar-refractivity contribution in [3.8, 4) is 0 Å². The molecule has 2 aromatic heterocycles. The smallest absolute Gasteiger partial charge is 0.135 e. The van der Waals surface area contributed by atoms with Gasteiger partial charge in [-0.3, -0.25) is 9.98 Å². The fourth-order valence-corrected chi connectivity index (χ4v) is 3.69. The molecule has 8 heteroatoms. The number of halogens is 2. The number of hydrogen-bond donors (Lipinski definition) is 2. The standard InChI is InChI=1S/C26H30N4O2.2ClH/c1-15(2)29-25(27)19-7-5-17-11-21(31-23(17)13-19)9-10-22-12-18-6-8-20(14-24(18)32-22)26(28)30-16(3)4;;/h5-8,11-16H,9-10H2,1-4H3,(H2,27,29)(H2,28,30);2*1H. The van der Waals surface area contributed by atoms with Crippen molar-refractivity contribution in [2.45, 2.75) is 52.6 Å². The van der Waals surface area contributed by atoms with Gasteiger partial charge in [0.2, 0.25) is 0 Å². The number of fused-ring (bicyclic) bond motifs is 2. The highest BCUT2D eigenvalue weighted by Crippen LogP contribution is 2.25. The topological polar surface area (TPSA) is 103 Å². The maximum absolute atomic E-state index is 6.10. The van der Waals surface area contributed by atoms with E-state index in [2.05, 4.69) is 22.1 Å². The summed E-state index contributed by atoms with van der Waals surface area (Å²) in [5, 5.41) is 2.10. The van der Waals surface area contributed by atoms with Crippen molar-refractivity contribution in [3.05, 3.63) is 71.2 Å². The summed E-state index contributed by atoms with van der Waals surface area (Å²) in [5.74, 6) is 2.87. The van der Waals surface area contributed by atoms with Gasteiger partial charge in [-0.05, 0) is 52.0 Å². The molecule has 182 valence electrons. The van der Waals surface area contributed by atoms with Crippen molar-refractivity contribution in [2.75, 3.05) is 0 Å². The highest BCUT2D eigenvalue weighted by molar-refractivity contribution is 6.01. The molecule has 0 fully saturated rings. The van der Waals surface area contributed by atoms with E-state index >= 15 is 0 Å². The second-order valence-corrected chi connectivity index (χ2v) is 8.65. The predicted molar refractivity (Wildman–Crippen MR) is 146 cm³/mol. The van der Waals surface area contributed by atoms with Gasteiger partial charge in [0.05, 0.1) is 0 Å². The zero-order valence-corrected chi connectivity index (χ0v) is 21.5. The molecule has 0 bridgehead atoms. The summed E-state index contributed by atoms with van der Waals surface area (Å²) >= 11 is 0. The Bertz CT molecular complexity index is 1220. The van der Waals surface area contributed by atoms with E-state index in [0.29, 0.717) is 11.7 Å². The number of benzene rings is 2. The normalized spacial score (nSPS) is 12.4. The molecule has 0 saturated heterocycles. The fraction of sp³-hybridized carbons (Fsp3) is 0.308. The summed E-state index contributed by atoms with van der Waals surface area (Å²) in [6.07, 6.45) is 1.48. The van der Waals surface area contributed by atoms with Crippen LogP contribution in [0.4, 0.5) is 0 Å². The van der Waals surface area contributed by atoms with Crippen LogP contribution < -0.4 is 11.5 Å². The molecule has 4 aromatic rings. The molecular formula is C26H32Cl2N4O2. The van der Waals surface area contributed by atoms with Crippen LogP contribution in [0.5, 0.6) is 0 Å². The van der Waals surface area contributed by atoms with E-state index in [0.717, 1.165) is 57.4 Å². The van der Waals surface area contributed by atoms with Crippen molar-refractivity contribution < 1.29 is 8.83 Å². The van der Waals surface area contributed by atoms with Gasteiger partial charge < -0.3 is 20.3 Å². The van der Waals surface area contributed by atoms with Crippen LogP contribution in [0.2, 0.25) is 0 Å². The van der Waals surface area contributed by atoms with Crippen LogP contribution in [0.1, 0.15) is 50.3 Å². The lowest BCUT2D eigenvalue weighted by atomic mass is 10.1. The van der Waals surface area contributed by atoms with Gasteiger partial charge in [-0.1, -0.05) is 24.3 Å². The van der Waals surface area contributed by atoms with Gasteiger partial charge in [0.25, 0.3) is 0 Å². The van der Waals surface area contributed by atoms with Crippen molar-refractivity contribution >= 4 is 58.4 Å². The molecule has 0 spiro atoms. The molecular weight excluding hydrogens is 471 g/mol. The van der Waals surface area contributed by atoms with Gasteiger partial charge in [-0.15, -0.1) is 24.8 Å². The predicted octanol–water partition coefficient (Wildman–Crippen LogP) is 6.04. The van der Waals surface area contributed by atoms with Gasteiger partial charge in [0, 0.05) is 46.8 Å². The first-order valence-corrected chi connectivity index (χ1v) is 11.0. The maximum Gasteiger partial charge on any atom is 0.135 e. The van der Waals surface area contributed by atoms with Crippen molar-refractivity contribution in [3.63, 3.8) is 0 Å². The molecule has 0 amide bonds. The number of rotatable bonds is 7. The summed E-state index contributed by atoms with van der Waals surface area (Å²) in [5.41, 5.74) is 15.6. The summed E-state index contributed by atoms with van der Waals surface area (Å²) in [6.45, 7) is 8.01. The van der Waals surface area contributed by atoms with Gasteiger partial charge in [-0.2, -0.15) is 0 Å². The third-order valence-electron chi connectivity index (χ3n) is 5.15. The molecule has 0 atom stereocenters. The summed E-state index contributed by atoms with van der Waals surface area (Å²) < 4.78 is 12.1. The van der Waals surface area contributed by atoms with E-state index < -0.39 is 0 Å². The third-order valence-corrected chi connectivity index (χ3v) is 5.15. The van der Waals surface area contributed by atoms with Crippen LogP contribution in [0.25, 0.3) is 21.9 Å². The van der Waals surface area contributed by atoms with Gasteiger partial charge >= 0.3 is 0 Å². The summed E-state index contributed by atoms with van der Waals surface area (Å²) in [4.78, 5) is 8.83. The van der Waals surface area contributed by atoms with Crippen LogP contribution in [-0.2, 0) is 12.8 Å². The molecule has 0 radical (unpaired) electrons. The molecule has 0 aliphatic carbocycles. The lowest BCUT2D eigenvalue weighted by Gasteiger charge is -2.03. The molecule has 2 heterocycles. The number of nitrogens with two attached hydrogens (primary N) is 2. The van der Waals surface area contributed by atoms with Crippen molar-refractivity contribution in [1.29, 1.82) is 0 Å². The van der Waals surface area contributed by atoms with E-state index in [9.17, 15) is 0 Å². The van der Waals surface area contributed by atoms with E-state index in [4.69, 9.17) is 20.3 Å². The van der Waals surface area contributed by atoms with E-state index in [-0.39, 0.29) is 36.9 Å². The number of aliphatic imine (C=N–C) groups is 2. The lowest BCUT2D eigenvalue weighted by Crippen LogP contribution is -2.15. The van der Waals surface area contributed by atoms with E-state index in [1.165, 1.54) is 0 Å². The Balaban J connectivity index is 0.00000204. The van der Waals surface area contributed by atoms with Gasteiger partial charge in [-0.25, -0.2) is 0 Å². The van der Waals surface area contributed by atoms with Crippen LogP contribution in [-0.4, -0.2) is 23.8 Å². The quantitative estimate of drug-likeness (QED) is 0.237. The molecule has 0 unspecified atom stereocenters. The van der Waals surface area contributed by atoms with Crippen molar-refractivity contribution in [1.82, 2.24) is 0 Å². The molecule has 0 aliphatic heterocycles. The third kappa shape index (κ3) is 6.33. The zero-order chi connectivity index (χ0) is 22.8. The fourth-order valence-electron chi connectivity index (χ4n) is 3.69. The molecule has 0 saturated carbocycles. The molecule has 6 nitrogen and oxygen atoms in total. The SMILES string of the molecule is CC(C)N=C(N)c1ccc2cc(CCc3cc4ccc(C(N)=NC(C)C)cc4o3)oc2c1.Cl.Cl. The molecule has 4 rings (SSSR count). The highest BCUT2D eigenvalue weighted by atomic mass is 35.5. The van der Waals surface area contributed by atoms with Crippen LogP contribution in [0.15, 0.2) is 67.4 Å². The first kappa shape index (κ1) is 27.3. The molecule has 2 aromatic carbocycles. The minimum atomic E-state index is 0. The Morgan fingerprint density at radius 2 is 1.06 bits per heavy atom.